The van der Waals surface area contributed by atoms with Crippen LogP contribution in [-0.2, 0) is 24.3 Å². The third-order valence-electron chi connectivity index (χ3n) is 5.74. The molecule has 160 valence electrons. The van der Waals surface area contributed by atoms with E-state index in [-0.39, 0.29) is 18.7 Å². The molecule has 0 radical (unpaired) electrons. The highest BCUT2D eigenvalue weighted by Gasteiger charge is 2.33. The summed E-state index contributed by atoms with van der Waals surface area (Å²) in [6.45, 7) is 2.75. The summed E-state index contributed by atoms with van der Waals surface area (Å²) in [6, 6.07) is 21.9. The van der Waals surface area contributed by atoms with E-state index in [0.29, 0.717) is 24.5 Å². The molecule has 1 atom stereocenters. The number of ether oxygens (including phenoxy) is 3. The second-order valence-corrected chi connectivity index (χ2v) is 7.77. The van der Waals surface area contributed by atoms with Crippen molar-refractivity contribution >= 4 is 6.09 Å². The molecule has 3 aromatic carbocycles. The van der Waals surface area contributed by atoms with Crippen LogP contribution in [0.3, 0.4) is 0 Å². The number of hydrogen-bond acceptors (Lipinski definition) is 4. The lowest BCUT2D eigenvalue weighted by Gasteiger charge is -2.37. The Labute approximate surface area is 183 Å². The lowest BCUT2D eigenvalue weighted by atomic mass is 9.89. The summed E-state index contributed by atoms with van der Waals surface area (Å²) in [4.78, 5) is 15.0. The lowest BCUT2D eigenvalue weighted by Crippen LogP contribution is -2.39. The molecule has 1 heterocycles. The van der Waals surface area contributed by atoms with E-state index in [1.807, 2.05) is 47.4 Å². The molecule has 0 fully saturated rings. The van der Waals surface area contributed by atoms with Crippen LogP contribution in [0.2, 0.25) is 0 Å². The molecule has 3 aromatic rings. The second kappa shape index (κ2) is 9.13. The predicted octanol–water partition coefficient (Wildman–Crippen LogP) is 5.45. The van der Waals surface area contributed by atoms with E-state index in [9.17, 15) is 4.79 Å². The Morgan fingerprint density at radius 2 is 1.58 bits per heavy atom. The minimum atomic E-state index is -0.324. The van der Waals surface area contributed by atoms with Crippen LogP contribution in [0.25, 0.3) is 0 Å². The Bertz CT molecular complexity index is 1050. The molecule has 31 heavy (non-hydrogen) atoms. The van der Waals surface area contributed by atoms with Crippen molar-refractivity contribution in [3.63, 3.8) is 0 Å². The largest absolute Gasteiger partial charge is 0.493 e. The highest BCUT2D eigenvalue weighted by molar-refractivity contribution is 5.69. The molecule has 0 bridgehead atoms. The van der Waals surface area contributed by atoms with Crippen molar-refractivity contribution in [3.8, 4) is 11.5 Å². The fourth-order valence-electron chi connectivity index (χ4n) is 3.99. The van der Waals surface area contributed by atoms with Gasteiger partial charge in [0.05, 0.1) is 26.8 Å². The van der Waals surface area contributed by atoms with Gasteiger partial charge in [-0.25, -0.2) is 4.79 Å². The third-order valence-corrected chi connectivity index (χ3v) is 5.74. The van der Waals surface area contributed by atoms with Crippen molar-refractivity contribution in [2.45, 2.75) is 32.5 Å². The van der Waals surface area contributed by atoms with Crippen LogP contribution >= 0.6 is 0 Å². The van der Waals surface area contributed by atoms with Gasteiger partial charge < -0.3 is 14.2 Å². The average molecular weight is 418 g/mol. The summed E-state index contributed by atoms with van der Waals surface area (Å²) < 4.78 is 16.6. The predicted molar refractivity (Wildman–Crippen MR) is 119 cm³/mol. The number of carbonyl (C=O) groups is 1. The van der Waals surface area contributed by atoms with Gasteiger partial charge in [0.2, 0.25) is 0 Å². The number of amides is 1. The van der Waals surface area contributed by atoms with E-state index in [1.54, 1.807) is 14.2 Å². The number of nitrogens with zero attached hydrogens (tertiary/aromatic N) is 1. The van der Waals surface area contributed by atoms with Gasteiger partial charge in [-0.05, 0) is 47.7 Å². The Balaban J connectivity index is 1.65. The number of methoxy groups -OCH3 is 2. The topological polar surface area (TPSA) is 48.0 Å². The standard InChI is InChI=1S/C26H27NO4/c1-18-9-11-20(12-10-18)23-13-21-14-24(29-2)25(30-3)15-22(21)16-27(23)26(28)31-17-19-7-5-4-6-8-19/h4-12,14-15,23H,13,16-17H2,1-3H3. The molecule has 1 amide bonds. The first kappa shape index (κ1) is 20.8. The van der Waals surface area contributed by atoms with Crippen LogP contribution < -0.4 is 9.47 Å². The molecule has 0 saturated carbocycles. The van der Waals surface area contributed by atoms with E-state index in [0.717, 1.165) is 22.3 Å². The van der Waals surface area contributed by atoms with Gasteiger partial charge in [0.25, 0.3) is 0 Å². The van der Waals surface area contributed by atoms with Gasteiger partial charge in [-0.3, -0.25) is 4.90 Å². The minimum Gasteiger partial charge on any atom is -0.493 e. The fourth-order valence-corrected chi connectivity index (χ4v) is 3.99. The zero-order chi connectivity index (χ0) is 21.8. The first-order chi connectivity index (χ1) is 15.1. The monoisotopic (exact) mass is 417 g/mol. The maximum absolute atomic E-state index is 13.2. The smallest absolute Gasteiger partial charge is 0.410 e. The zero-order valence-corrected chi connectivity index (χ0v) is 18.1. The van der Waals surface area contributed by atoms with E-state index >= 15 is 0 Å². The second-order valence-electron chi connectivity index (χ2n) is 7.77. The molecule has 5 nitrogen and oxygen atoms in total. The number of fused-ring (bicyclic) bond motifs is 1. The van der Waals surface area contributed by atoms with Crippen molar-refractivity contribution in [2.75, 3.05) is 14.2 Å². The molecular weight excluding hydrogens is 390 g/mol. The Morgan fingerprint density at radius 3 is 2.23 bits per heavy atom. The van der Waals surface area contributed by atoms with Crippen molar-refractivity contribution in [3.05, 3.63) is 94.5 Å². The normalized spacial score (nSPS) is 15.2. The van der Waals surface area contributed by atoms with E-state index in [4.69, 9.17) is 14.2 Å². The molecular formula is C26H27NO4. The quantitative estimate of drug-likeness (QED) is 0.554. The number of rotatable bonds is 5. The van der Waals surface area contributed by atoms with E-state index in [2.05, 4.69) is 31.2 Å². The van der Waals surface area contributed by atoms with Crippen LogP contribution in [0.5, 0.6) is 11.5 Å². The number of aryl methyl sites for hydroxylation is 1. The highest BCUT2D eigenvalue weighted by atomic mass is 16.6. The van der Waals surface area contributed by atoms with E-state index < -0.39 is 0 Å². The maximum atomic E-state index is 13.2. The molecule has 0 spiro atoms. The molecule has 4 rings (SSSR count). The number of hydrogen-bond donors (Lipinski definition) is 0. The van der Waals surface area contributed by atoms with Crippen LogP contribution in [0.4, 0.5) is 4.79 Å². The average Bonchev–Trinajstić information content (AvgIpc) is 2.82. The molecule has 0 aliphatic carbocycles. The molecule has 1 aliphatic heterocycles. The van der Waals surface area contributed by atoms with E-state index in [1.165, 1.54) is 5.56 Å². The van der Waals surface area contributed by atoms with Gasteiger partial charge in [0.15, 0.2) is 11.5 Å². The molecule has 0 N–H and O–H groups in total. The highest BCUT2D eigenvalue weighted by Crippen LogP contribution is 2.39. The fraction of sp³-hybridized carbons (Fsp3) is 0.269. The van der Waals surface area contributed by atoms with Gasteiger partial charge in [-0.15, -0.1) is 0 Å². The first-order valence-corrected chi connectivity index (χ1v) is 10.4. The van der Waals surface area contributed by atoms with Gasteiger partial charge >= 0.3 is 6.09 Å². The Hall–Kier alpha value is -3.47. The van der Waals surface area contributed by atoms with Crippen LogP contribution in [0.1, 0.15) is 33.9 Å². The van der Waals surface area contributed by atoms with Crippen molar-refractivity contribution < 1.29 is 19.0 Å². The SMILES string of the molecule is COc1cc2c(cc1OC)CN(C(=O)OCc1ccccc1)C(c1ccc(C)cc1)C2. The zero-order valence-electron chi connectivity index (χ0n) is 18.1. The molecule has 0 aromatic heterocycles. The van der Waals surface area contributed by atoms with Crippen molar-refractivity contribution in [1.29, 1.82) is 0 Å². The summed E-state index contributed by atoms with van der Waals surface area (Å²) in [5.74, 6) is 1.36. The van der Waals surface area contributed by atoms with Crippen LogP contribution in [-0.4, -0.2) is 25.2 Å². The van der Waals surface area contributed by atoms with Crippen molar-refractivity contribution in [1.82, 2.24) is 4.90 Å². The van der Waals surface area contributed by atoms with Crippen molar-refractivity contribution in [2.24, 2.45) is 0 Å². The number of benzene rings is 3. The number of carbonyl (C=O) groups excluding carboxylic acids is 1. The Morgan fingerprint density at radius 1 is 0.935 bits per heavy atom. The summed E-state index contributed by atoms with van der Waals surface area (Å²) in [5, 5.41) is 0. The van der Waals surface area contributed by atoms with Gasteiger partial charge in [-0.2, -0.15) is 0 Å². The van der Waals surface area contributed by atoms with Gasteiger partial charge in [0, 0.05) is 0 Å². The molecule has 1 unspecified atom stereocenters. The van der Waals surface area contributed by atoms with Gasteiger partial charge in [-0.1, -0.05) is 60.2 Å². The third kappa shape index (κ3) is 4.50. The summed E-state index contributed by atoms with van der Waals surface area (Å²) in [6.07, 6.45) is 0.356. The summed E-state index contributed by atoms with van der Waals surface area (Å²) in [5.41, 5.74) is 5.42. The lowest BCUT2D eigenvalue weighted by molar-refractivity contribution is 0.0728. The Kier molecular flexibility index (Phi) is 6.12. The summed E-state index contributed by atoms with van der Waals surface area (Å²) >= 11 is 0. The molecule has 1 aliphatic rings. The summed E-state index contributed by atoms with van der Waals surface area (Å²) in [7, 11) is 3.26. The molecule has 5 heteroatoms. The van der Waals surface area contributed by atoms with Gasteiger partial charge in [0.1, 0.15) is 6.61 Å². The maximum Gasteiger partial charge on any atom is 0.410 e. The van der Waals surface area contributed by atoms with Crippen LogP contribution in [0.15, 0.2) is 66.7 Å². The van der Waals surface area contributed by atoms with Crippen LogP contribution in [0, 0.1) is 6.92 Å². The molecule has 0 saturated heterocycles. The minimum absolute atomic E-state index is 0.116. The first-order valence-electron chi connectivity index (χ1n) is 10.4.